The highest BCUT2D eigenvalue weighted by molar-refractivity contribution is 8.26. The normalized spacial score (nSPS) is 16.3. The average molecular weight is 372 g/mol. The number of carbonyl (C=O) groups excluding carboxylic acids is 2. The van der Waals surface area contributed by atoms with Crippen LogP contribution in [0.2, 0.25) is 0 Å². The lowest BCUT2D eigenvalue weighted by Gasteiger charge is -2.14. The zero-order valence-corrected chi connectivity index (χ0v) is 14.8. The summed E-state index contributed by atoms with van der Waals surface area (Å²) in [5.41, 5.74) is 3.58. The fourth-order valence-electron chi connectivity index (χ4n) is 1.95. The van der Waals surface area contributed by atoms with Crippen LogP contribution >= 0.6 is 35.3 Å². The van der Waals surface area contributed by atoms with Crippen molar-refractivity contribution in [3.63, 3.8) is 0 Å². The molecule has 1 aromatic carbocycles. The highest BCUT2D eigenvalue weighted by atomic mass is 32.2. The van der Waals surface area contributed by atoms with Gasteiger partial charge in [-0.15, -0.1) is 11.3 Å². The van der Waals surface area contributed by atoms with Crippen LogP contribution in [0.4, 0.5) is 0 Å². The highest BCUT2D eigenvalue weighted by Crippen LogP contribution is 2.29. The van der Waals surface area contributed by atoms with Crippen LogP contribution in [0.1, 0.15) is 15.2 Å². The number of nitrogens with zero attached hydrogens (tertiary/aromatic N) is 1. The molecular formula is C17H12N2O2S3. The Morgan fingerprint density at radius 2 is 1.96 bits per heavy atom. The Morgan fingerprint density at radius 1 is 1.17 bits per heavy atom. The van der Waals surface area contributed by atoms with Gasteiger partial charge >= 0.3 is 0 Å². The van der Waals surface area contributed by atoms with E-state index in [2.05, 4.69) is 5.43 Å². The van der Waals surface area contributed by atoms with Crippen LogP contribution < -0.4 is 5.43 Å². The average Bonchev–Trinajstić information content (AvgIpc) is 3.21. The van der Waals surface area contributed by atoms with Gasteiger partial charge in [0.05, 0.1) is 9.78 Å². The smallest absolute Gasteiger partial charge is 0.266 e. The molecule has 1 fully saturated rings. The molecule has 0 atom stereocenters. The third-order valence-electron chi connectivity index (χ3n) is 3.09. The Balaban J connectivity index is 1.68. The van der Waals surface area contributed by atoms with Gasteiger partial charge in [-0.25, -0.2) is 0 Å². The van der Waals surface area contributed by atoms with Crippen LogP contribution in [-0.4, -0.2) is 21.1 Å². The fourth-order valence-corrected chi connectivity index (χ4v) is 3.70. The predicted octanol–water partition coefficient (Wildman–Crippen LogP) is 3.85. The molecule has 0 spiro atoms. The minimum absolute atomic E-state index is 0.310. The summed E-state index contributed by atoms with van der Waals surface area (Å²) in [6, 6.07) is 13.2. The van der Waals surface area contributed by atoms with Crippen molar-refractivity contribution in [3.05, 3.63) is 75.3 Å². The molecule has 0 saturated carbocycles. The van der Waals surface area contributed by atoms with E-state index in [4.69, 9.17) is 12.2 Å². The maximum Gasteiger partial charge on any atom is 0.285 e. The molecule has 4 nitrogen and oxygen atoms in total. The monoisotopic (exact) mass is 372 g/mol. The summed E-state index contributed by atoms with van der Waals surface area (Å²) in [7, 11) is 0. The minimum atomic E-state index is -0.345. The van der Waals surface area contributed by atoms with Crippen LogP contribution in [0.5, 0.6) is 0 Å². The quantitative estimate of drug-likeness (QED) is 0.654. The first-order valence-corrected chi connectivity index (χ1v) is 9.10. The lowest BCUT2D eigenvalue weighted by Crippen LogP contribution is -2.44. The van der Waals surface area contributed by atoms with Gasteiger partial charge in [-0.1, -0.05) is 60.3 Å². The number of rotatable bonds is 4. The van der Waals surface area contributed by atoms with Crippen molar-refractivity contribution in [2.24, 2.45) is 0 Å². The van der Waals surface area contributed by atoms with Crippen molar-refractivity contribution in [1.82, 2.24) is 10.4 Å². The van der Waals surface area contributed by atoms with Crippen LogP contribution in [0.25, 0.3) is 6.08 Å². The largest absolute Gasteiger partial charge is 0.285 e. The van der Waals surface area contributed by atoms with E-state index in [9.17, 15) is 9.59 Å². The first kappa shape index (κ1) is 16.6. The summed E-state index contributed by atoms with van der Waals surface area (Å²) in [5.74, 6) is -0.671. The van der Waals surface area contributed by atoms with E-state index in [1.807, 2.05) is 36.4 Å². The van der Waals surface area contributed by atoms with Gasteiger partial charge < -0.3 is 0 Å². The number of carbonyl (C=O) groups is 2. The van der Waals surface area contributed by atoms with Gasteiger partial charge in [0.1, 0.15) is 0 Å². The fraction of sp³-hybridized carbons (Fsp3) is 0. The van der Waals surface area contributed by atoms with E-state index >= 15 is 0 Å². The number of hydrogen-bond acceptors (Lipinski definition) is 5. The third-order valence-corrected chi connectivity index (χ3v) is 5.28. The van der Waals surface area contributed by atoms with Crippen LogP contribution in [0.15, 0.2) is 64.9 Å². The molecule has 1 saturated heterocycles. The summed E-state index contributed by atoms with van der Waals surface area (Å²) in [6.07, 6.45) is 5.39. The molecule has 7 heteroatoms. The summed E-state index contributed by atoms with van der Waals surface area (Å²) in [4.78, 5) is 25.4. The highest BCUT2D eigenvalue weighted by Gasteiger charge is 2.33. The zero-order chi connectivity index (χ0) is 16.9. The minimum Gasteiger partial charge on any atom is -0.266 e. The molecule has 1 aliphatic rings. The third kappa shape index (κ3) is 3.81. The molecule has 2 aromatic rings. The molecule has 2 heterocycles. The Labute approximate surface area is 152 Å². The molecule has 1 aromatic heterocycles. The number of benzene rings is 1. The van der Waals surface area contributed by atoms with E-state index in [1.54, 1.807) is 29.7 Å². The Bertz CT molecular complexity index is 827. The number of hydrogen-bond donors (Lipinski definition) is 1. The molecular weight excluding hydrogens is 360 g/mol. The van der Waals surface area contributed by atoms with E-state index < -0.39 is 0 Å². The number of amides is 2. The van der Waals surface area contributed by atoms with Crippen LogP contribution in [0, 0.1) is 0 Å². The van der Waals surface area contributed by atoms with Crippen molar-refractivity contribution < 1.29 is 9.59 Å². The zero-order valence-electron chi connectivity index (χ0n) is 12.3. The number of nitrogens with one attached hydrogen (secondary N) is 1. The van der Waals surface area contributed by atoms with Gasteiger partial charge in [0, 0.05) is 0 Å². The Morgan fingerprint density at radius 3 is 2.67 bits per heavy atom. The van der Waals surface area contributed by atoms with Gasteiger partial charge in [0.2, 0.25) is 0 Å². The molecule has 0 radical (unpaired) electrons. The van der Waals surface area contributed by atoms with Crippen molar-refractivity contribution in [1.29, 1.82) is 0 Å². The van der Waals surface area contributed by atoms with Crippen LogP contribution in [-0.2, 0) is 4.79 Å². The maximum absolute atomic E-state index is 12.4. The summed E-state index contributed by atoms with van der Waals surface area (Å²) in [6.45, 7) is 0. The lowest BCUT2D eigenvalue weighted by atomic mass is 10.2. The van der Waals surface area contributed by atoms with E-state index in [-0.39, 0.29) is 11.8 Å². The number of thioether (sulfide) groups is 1. The maximum atomic E-state index is 12.4. The number of thiophene rings is 1. The Kier molecular flexibility index (Phi) is 5.24. The molecule has 0 unspecified atom stereocenters. The van der Waals surface area contributed by atoms with Crippen molar-refractivity contribution >= 4 is 57.5 Å². The van der Waals surface area contributed by atoms with Crippen molar-refractivity contribution in [3.8, 4) is 0 Å². The summed E-state index contributed by atoms with van der Waals surface area (Å²) in [5, 5.41) is 2.91. The lowest BCUT2D eigenvalue weighted by molar-refractivity contribution is -0.123. The number of thiocarbonyl (C=S) groups is 1. The Hall–Kier alpha value is -2.22. The van der Waals surface area contributed by atoms with E-state index in [0.717, 1.165) is 22.3 Å². The first-order chi connectivity index (χ1) is 11.6. The number of allylic oxidation sites excluding steroid dienone is 2. The van der Waals surface area contributed by atoms with Crippen LogP contribution in [0.3, 0.4) is 0 Å². The number of hydrazine groups is 1. The molecule has 0 bridgehead atoms. The summed E-state index contributed by atoms with van der Waals surface area (Å²) < 4.78 is 0.310. The standard InChI is InChI=1S/C17H12N2O2S3/c20-15(13-10-5-11-23-13)18-19-16(21)14(24-17(19)22)9-4-8-12-6-2-1-3-7-12/h1-11H,(H,18,20)/b8-4+,14-9-. The second kappa shape index (κ2) is 7.57. The second-order valence-electron chi connectivity index (χ2n) is 4.73. The first-order valence-electron chi connectivity index (χ1n) is 6.99. The predicted molar refractivity (Wildman–Crippen MR) is 102 cm³/mol. The summed E-state index contributed by atoms with van der Waals surface area (Å²) >= 11 is 7.64. The molecule has 3 rings (SSSR count). The van der Waals surface area contributed by atoms with Gasteiger partial charge in [-0.2, -0.15) is 5.01 Å². The van der Waals surface area contributed by atoms with E-state index in [1.165, 1.54) is 11.3 Å². The molecule has 120 valence electrons. The molecule has 24 heavy (non-hydrogen) atoms. The SMILES string of the molecule is O=C(NN1C(=O)/C(=C/C=C/c2ccccc2)SC1=S)c1cccs1. The van der Waals surface area contributed by atoms with Gasteiger partial charge in [0.15, 0.2) is 4.32 Å². The molecule has 0 aliphatic carbocycles. The van der Waals surface area contributed by atoms with Gasteiger partial charge in [-0.3, -0.25) is 15.0 Å². The van der Waals surface area contributed by atoms with E-state index in [0.29, 0.717) is 14.1 Å². The molecule has 1 aliphatic heterocycles. The molecule has 2 amide bonds. The second-order valence-corrected chi connectivity index (χ2v) is 7.35. The van der Waals surface area contributed by atoms with Crippen molar-refractivity contribution in [2.75, 3.05) is 0 Å². The van der Waals surface area contributed by atoms with Gasteiger partial charge in [-0.05, 0) is 35.3 Å². The molecule has 1 N–H and O–H groups in total. The van der Waals surface area contributed by atoms with Crippen molar-refractivity contribution in [2.45, 2.75) is 0 Å². The topological polar surface area (TPSA) is 49.4 Å². The van der Waals surface area contributed by atoms with Gasteiger partial charge in [0.25, 0.3) is 11.8 Å².